The summed E-state index contributed by atoms with van der Waals surface area (Å²) in [5.41, 5.74) is 3.80. The Hall–Kier alpha value is -3.46. The fraction of sp³-hybridized carbons (Fsp3) is 0.320. The van der Waals surface area contributed by atoms with Gasteiger partial charge >= 0.3 is 0 Å². The number of pyridine rings is 1. The predicted octanol–water partition coefficient (Wildman–Crippen LogP) is 3.59. The van der Waals surface area contributed by atoms with E-state index in [9.17, 15) is 13.8 Å². The van der Waals surface area contributed by atoms with Gasteiger partial charge in [0.15, 0.2) is 5.43 Å². The summed E-state index contributed by atoms with van der Waals surface area (Å²) in [7, 11) is -1.44. The molecule has 0 radical (unpaired) electrons. The lowest BCUT2D eigenvalue weighted by atomic mass is 10.0. The van der Waals surface area contributed by atoms with Gasteiger partial charge in [-0.25, -0.2) is 4.68 Å². The summed E-state index contributed by atoms with van der Waals surface area (Å²) in [5.74, 6) is 0.602. The standard InChI is InChI=1S/C25H27N5O3S/c1-15-5-6-16(24(32)27-18-7-8-18)9-19(15)17-11-26-30(12-17)23-14-29-13-21(34(33)25(2,3)4)20(31)10-22(29)28-23/h5-6,9-14,18,28H,7-8H2,1-4H3,(H,27,32). The second-order valence-electron chi connectivity index (χ2n) is 9.77. The minimum atomic E-state index is -1.44. The van der Waals surface area contributed by atoms with E-state index in [0.29, 0.717) is 23.1 Å². The molecule has 1 amide bonds. The fourth-order valence-corrected chi connectivity index (χ4v) is 4.89. The van der Waals surface area contributed by atoms with Gasteiger partial charge in [0, 0.05) is 40.4 Å². The largest absolute Gasteiger partial charge is 0.349 e. The Kier molecular flexibility index (Phi) is 5.31. The van der Waals surface area contributed by atoms with Crippen LogP contribution in [0.1, 0.15) is 49.5 Å². The topological polar surface area (TPSA) is 101 Å². The molecule has 1 aromatic carbocycles. The first-order valence-corrected chi connectivity index (χ1v) is 12.4. The molecule has 3 heterocycles. The van der Waals surface area contributed by atoms with Gasteiger partial charge in [0.1, 0.15) is 16.4 Å². The summed E-state index contributed by atoms with van der Waals surface area (Å²) in [5, 5.41) is 7.51. The van der Waals surface area contributed by atoms with Crippen molar-refractivity contribution in [2.45, 2.75) is 56.2 Å². The number of benzene rings is 1. The summed E-state index contributed by atoms with van der Waals surface area (Å²) in [6.45, 7) is 7.54. The minimum absolute atomic E-state index is 0.0555. The number of aromatic amines is 1. The Morgan fingerprint density at radius 2 is 1.94 bits per heavy atom. The lowest BCUT2D eigenvalue weighted by Crippen LogP contribution is -2.26. The van der Waals surface area contributed by atoms with E-state index in [2.05, 4.69) is 15.4 Å². The molecule has 1 fully saturated rings. The van der Waals surface area contributed by atoms with Gasteiger partial charge in [0.25, 0.3) is 5.91 Å². The number of fused-ring (bicyclic) bond motifs is 1. The molecule has 0 saturated heterocycles. The van der Waals surface area contributed by atoms with Crippen LogP contribution in [-0.4, -0.2) is 40.1 Å². The summed E-state index contributed by atoms with van der Waals surface area (Å²) < 4.78 is 15.7. The Balaban J connectivity index is 1.48. The second-order valence-corrected chi connectivity index (χ2v) is 12.0. The van der Waals surface area contributed by atoms with Gasteiger partial charge in [-0.05, 0) is 63.8 Å². The van der Waals surface area contributed by atoms with Gasteiger partial charge in [-0.2, -0.15) is 5.10 Å². The molecule has 2 N–H and O–H groups in total. The average Bonchev–Trinajstić information content (AvgIpc) is 3.29. The number of H-pyrrole nitrogens is 1. The van der Waals surface area contributed by atoms with Crippen molar-refractivity contribution in [3.63, 3.8) is 0 Å². The number of nitrogens with zero attached hydrogens (tertiary/aromatic N) is 3. The maximum absolute atomic E-state index is 12.8. The number of aryl methyl sites for hydroxylation is 1. The molecule has 8 nitrogen and oxygen atoms in total. The highest BCUT2D eigenvalue weighted by atomic mass is 32.2. The van der Waals surface area contributed by atoms with E-state index in [4.69, 9.17) is 0 Å². The molecule has 1 unspecified atom stereocenters. The van der Waals surface area contributed by atoms with E-state index in [1.54, 1.807) is 27.7 Å². The van der Waals surface area contributed by atoms with Crippen LogP contribution in [0.5, 0.6) is 0 Å². The molecule has 0 aliphatic heterocycles. The maximum atomic E-state index is 12.8. The number of aromatic nitrogens is 4. The summed E-state index contributed by atoms with van der Waals surface area (Å²) in [6, 6.07) is 7.44. The Bertz CT molecular complexity index is 1500. The van der Waals surface area contributed by atoms with E-state index >= 15 is 0 Å². The highest BCUT2D eigenvalue weighted by Gasteiger charge is 2.25. The number of imidazole rings is 1. The molecule has 1 aliphatic carbocycles. The van der Waals surface area contributed by atoms with Gasteiger partial charge < -0.3 is 14.7 Å². The molecule has 176 valence electrons. The minimum Gasteiger partial charge on any atom is -0.349 e. The first-order chi connectivity index (χ1) is 16.1. The van der Waals surface area contributed by atoms with Gasteiger partial charge in [-0.3, -0.25) is 13.8 Å². The van der Waals surface area contributed by atoms with Crippen molar-refractivity contribution in [2.24, 2.45) is 0 Å². The molecule has 0 spiro atoms. The SMILES string of the molecule is Cc1ccc(C(=O)NC2CC2)cc1-c1cnn(-c2cn3cc(S(=O)C(C)(C)C)c(=O)cc3[nH]2)c1. The third kappa shape index (κ3) is 4.23. The van der Waals surface area contributed by atoms with Gasteiger partial charge in [0.05, 0.1) is 23.2 Å². The monoisotopic (exact) mass is 477 g/mol. The normalized spacial score (nSPS) is 14.9. The molecular weight excluding hydrogens is 450 g/mol. The van der Waals surface area contributed by atoms with Crippen LogP contribution in [0.2, 0.25) is 0 Å². The Morgan fingerprint density at radius 3 is 2.65 bits per heavy atom. The highest BCUT2D eigenvalue weighted by molar-refractivity contribution is 7.86. The number of nitrogens with one attached hydrogen (secondary N) is 2. The molecule has 1 atom stereocenters. The molecule has 0 bridgehead atoms. The number of rotatable bonds is 5. The predicted molar refractivity (Wildman–Crippen MR) is 132 cm³/mol. The molecule has 34 heavy (non-hydrogen) atoms. The van der Waals surface area contributed by atoms with Crippen molar-refractivity contribution in [1.82, 2.24) is 24.5 Å². The van der Waals surface area contributed by atoms with Crippen molar-refractivity contribution < 1.29 is 9.00 Å². The molecule has 5 rings (SSSR count). The Labute approximate surface area is 199 Å². The van der Waals surface area contributed by atoms with Gasteiger partial charge in [-0.15, -0.1) is 0 Å². The lowest BCUT2D eigenvalue weighted by molar-refractivity contribution is 0.0951. The molecular formula is C25H27N5O3S. The van der Waals surface area contributed by atoms with Crippen LogP contribution in [0, 0.1) is 6.92 Å². The van der Waals surface area contributed by atoms with Crippen LogP contribution in [0.4, 0.5) is 0 Å². The number of carbonyl (C=O) groups is 1. The van der Waals surface area contributed by atoms with Crippen molar-refractivity contribution in [3.05, 3.63) is 70.4 Å². The van der Waals surface area contributed by atoms with Crippen molar-refractivity contribution in [1.29, 1.82) is 0 Å². The first kappa shape index (κ1) is 22.3. The maximum Gasteiger partial charge on any atom is 0.251 e. The molecule has 1 aliphatic rings. The first-order valence-electron chi connectivity index (χ1n) is 11.2. The third-order valence-electron chi connectivity index (χ3n) is 5.87. The molecule has 4 aromatic rings. The van der Waals surface area contributed by atoms with Crippen LogP contribution >= 0.6 is 0 Å². The fourth-order valence-electron chi connectivity index (χ4n) is 3.78. The van der Waals surface area contributed by atoms with Crippen molar-refractivity contribution >= 4 is 22.4 Å². The van der Waals surface area contributed by atoms with E-state index in [-0.39, 0.29) is 16.2 Å². The second kappa shape index (κ2) is 8.09. The number of hydrogen-bond donors (Lipinski definition) is 2. The van der Waals surface area contributed by atoms with Crippen molar-refractivity contribution in [3.8, 4) is 16.9 Å². The van der Waals surface area contributed by atoms with Gasteiger partial charge in [-0.1, -0.05) is 6.07 Å². The van der Waals surface area contributed by atoms with Crippen LogP contribution in [-0.2, 0) is 10.8 Å². The van der Waals surface area contributed by atoms with E-state index in [0.717, 1.165) is 29.5 Å². The van der Waals surface area contributed by atoms with E-state index in [1.165, 1.54) is 6.07 Å². The summed E-state index contributed by atoms with van der Waals surface area (Å²) in [4.78, 5) is 28.5. The average molecular weight is 478 g/mol. The number of hydrogen-bond acceptors (Lipinski definition) is 4. The van der Waals surface area contributed by atoms with Crippen molar-refractivity contribution in [2.75, 3.05) is 0 Å². The summed E-state index contributed by atoms with van der Waals surface area (Å²) in [6.07, 6.45) is 9.14. The molecule has 1 saturated carbocycles. The van der Waals surface area contributed by atoms with Gasteiger partial charge in [0.2, 0.25) is 0 Å². The zero-order valence-corrected chi connectivity index (χ0v) is 20.4. The third-order valence-corrected chi connectivity index (χ3v) is 7.69. The van der Waals surface area contributed by atoms with E-state index in [1.807, 2.05) is 52.1 Å². The quantitative estimate of drug-likeness (QED) is 0.459. The van der Waals surface area contributed by atoms with Crippen LogP contribution < -0.4 is 10.7 Å². The van der Waals surface area contributed by atoms with Crippen LogP contribution in [0.3, 0.4) is 0 Å². The molecule has 3 aromatic heterocycles. The van der Waals surface area contributed by atoms with Crippen LogP contribution in [0.25, 0.3) is 22.6 Å². The Morgan fingerprint density at radius 1 is 1.18 bits per heavy atom. The smallest absolute Gasteiger partial charge is 0.251 e. The van der Waals surface area contributed by atoms with Crippen LogP contribution in [0.15, 0.2) is 58.7 Å². The number of amides is 1. The lowest BCUT2D eigenvalue weighted by Gasteiger charge is -2.17. The van der Waals surface area contributed by atoms with E-state index < -0.39 is 15.5 Å². The highest BCUT2D eigenvalue weighted by Crippen LogP contribution is 2.26. The number of carbonyl (C=O) groups excluding carboxylic acids is 1. The summed E-state index contributed by atoms with van der Waals surface area (Å²) >= 11 is 0. The zero-order valence-electron chi connectivity index (χ0n) is 19.6. The zero-order chi connectivity index (χ0) is 24.2. The molecule has 9 heteroatoms.